The number of aliphatic carboxylic acids is 2. The monoisotopic (exact) mass is 315 g/mol. The third-order valence-electron chi connectivity index (χ3n) is 2.53. The van der Waals surface area contributed by atoms with Crippen LogP contribution in [0.5, 0.6) is 17.2 Å². The summed E-state index contributed by atoms with van der Waals surface area (Å²) in [5.74, 6) is -1.49. The Balaban J connectivity index is 0.000000626. The maximum absolute atomic E-state index is 9.10. The lowest BCUT2D eigenvalue weighted by molar-refractivity contribution is -0.159. The van der Waals surface area contributed by atoms with Crippen molar-refractivity contribution in [3.8, 4) is 17.2 Å². The Morgan fingerprint density at radius 1 is 1.05 bits per heavy atom. The molecule has 0 heterocycles. The normalized spacial score (nSPS) is 10.8. The van der Waals surface area contributed by atoms with E-state index in [9.17, 15) is 0 Å². The van der Waals surface area contributed by atoms with Crippen LogP contribution in [0.15, 0.2) is 12.1 Å². The van der Waals surface area contributed by atoms with E-state index >= 15 is 0 Å². The number of methoxy groups -OCH3 is 3. The Morgan fingerprint density at radius 2 is 1.50 bits per heavy atom. The van der Waals surface area contributed by atoms with Crippen molar-refractivity contribution in [3.63, 3.8) is 0 Å². The number of carboxylic acid groups (broad SMARTS) is 2. The van der Waals surface area contributed by atoms with E-state index in [0.29, 0.717) is 17.9 Å². The smallest absolute Gasteiger partial charge is 0.414 e. The number of hydrogen-bond acceptors (Lipinski definition) is 6. The molecule has 0 radical (unpaired) electrons. The second-order valence-corrected chi connectivity index (χ2v) is 4.27. The molecule has 0 bridgehead atoms. The van der Waals surface area contributed by atoms with Gasteiger partial charge in [-0.2, -0.15) is 0 Å². The minimum atomic E-state index is -1.82. The predicted octanol–water partition coefficient (Wildman–Crippen LogP) is 0.758. The largest absolute Gasteiger partial charge is 0.496 e. The molecule has 1 aromatic rings. The molecule has 1 atom stereocenters. The molecule has 22 heavy (non-hydrogen) atoms. The van der Waals surface area contributed by atoms with Crippen LogP contribution in [0.3, 0.4) is 0 Å². The molecule has 8 nitrogen and oxygen atoms in total. The van der Waals surface area contributed by atoms with Crippen molar-refractivity contribution >= 4 is 11.9 Å². The molecule has 1 rings (SSSR count). The molecule has 4 N–H and O–H groups in total. The highest BCUT2D eigenvalue weighted by atomic mass is 16.5. The van der Waals surface area contributed by atoms with Gasteiger partial charge in [0, 0.05) is 11.6 Å². The summed E-state index contributed by atoms with van der Waals surface area (Å²) in [5.41, 5.74) is 6.76. The SMILES string of the molecule is COc1ccc(OC)c(OC)c1CC(C)N.O=C(O)C(=O)O. The van der Waals surface area contributed by atoms with Crippen LogP contribution in [-0.4, -0.2) is 49.5 Å². The maximum atomic E-state index is 9.10. The summed E-state index contributed by atoms with van der Waals surface area (Å²) in [4.78, 5) is 18.2. The molecule has 1 aromatic carbocycles. The Bertz CT molecular complexity index is 502. The quantitative estimate of drug-likeness (QED) is 0.679. The minimum absolute atomic E-state index is 0.0370. The molecule has 0 fully saturated rings. The molecule has 0 saturated heterocycles. The fourth-order valence-corrected chi connectivity index (χ4v) is 1.68. The summed E-state index contributed by atoms with van der Waals surface area (Å²) in [6.07, 6.45) is 0.684. The maximum Gasteiger partial charge on any atom is 0.414 e. The number of hydrogen-bond donors (Lipinski definition) is 3. The zero-order valence-electron chi connectivity index (χ0n) is 13.0. The standard InChI is InChI=1S/C12H19NO3.C2H2O4/c1-8(13)7-9-10(14-2)5-6-11(15-3)12(9)16-4;3-1(4)2(5)6/h5-6,8H,7,13H2,1-4H3;(H,3,4)(H,5,6). The van der Waals surface area contributed by atoms with E-state index in [4.69, 9.17) is 39.7 Å². The molecule has 124 valence electrons. The van der Waals surface area contributed by atoms with Crippen LogP contribution in [0, 0.1) is 0 Å². The molecule has 8 heteroatoms. The molecule has 0 spiro atoms. The Morgan fingerprint density at radius 3 is 1.82 bits per heavy atom. The molecule has 0 saturated carbocycles. The van der Waals surface area contributed by atoms with Gasteiger partial charge in [-0.05, 0) is 25.5 Å². The first-order valence-corrected chi connectivity index (χ1v) is 6.28. The fourth-order valence-electron chi connectivity index (χ4n) is 1.68. The molecule has 1 unspecified atom stereocenters. The van der Waals surface area contributed by atoms with Crippen LogP contribution in [0.25, 0.3) is 0 Å². The first-order chi connectivity index (χ1) is 10.3. The van der Waals surface area contributed by atoms with Crippen molar-refractivity contribution in [2.45, 2.75) is 19.4 Å². The molecular weight excluding hydrogens is 294 g/mol. The van der Waals surface area contributed by atoms with Crippen LogP contribution in [0.4, 0.5) is 0 Å². The van der Waals surface area contributed by atoms with E-state index in [2.05, 4.69) is 0 Å². The topological polar surface area (TPSA) is 128 Å². The van der Waals surface area contributed by atoms with E-state index in [1.54, 1.807) is 21.3 Å². The van der Waals surface area contributed by atoms with E-state index < -0.39 is 11.9 Å². The summed E-state index contributed by atoms with van der Waals surface area (Å²) in [6.45, 7) is 1.94. The van der Waals surface area contributed by atoms with Gasteiger partial charge >= 0.3 is 11.9 Å². The van der Waals surface area contributed by atoms with Gasteiger partial charge in [-0.1, -0.05) is 0 Å². The Kier molecular flexibility index (Phi) is 8.39. The van der Waals surface area contributed by atoms with Crippen molar-refractivity contribution in [2.24, 2.45) is 5.73 Å². The van der Waals surface area contributed by atoms with Gasteiger partial charge in [0.2, 0.25) is 0 Å². The molecule has 0 aliphatic heterocycles. The summed E-state index contributed by atoms with van der Waals surface area (Å²) in [5, 5.41) is 14.8. The number of nitrogens with two attached hydrogens (primary N) is 1. The van der Waals surface area contributed by atoms with Gasteiger partial charge in [-0.3, -0.25) is 0 Å². The third kappa shape index (κ3) is 5.88. The highest BCUT2D eigenvalue weighted by Crippen LogP contribution is 2.37. The number of benzene rings is 1. The second-order valence-electron chi connectivity index (χ2n) is 4.27. The van der Waals surface area contributed by atoms with Gasteiger partial charge in [0.15, 0.2) is 11.5 Å². The predicted molar refractivity (Wildman–Crippen MR) is 78.7 cm³/mol. The lowest BCUT2D eigenvalue weighted by Gasteiger charge is -2.17. The van der Waals surface area contributed by atoms with Gasteiger partial charge in [0.05, 0.1) is 21.3 Å². The van der Waals surface area contributed by atoms with E-state index in [0.717, 1.165) is 11.3 Å². The summed E-state index contributed by atoms with van der Waals surface area (Å²) in [6, 6.07) is 3.72. The molecule has 0 amide bonds. The number of rotatable bonds is 5. The van der Waals surface area contributed by atoms with Crippen LogP contribution in [0.2, 0.25) is 0 Å². The summed E-state index contributed by atoms with van der Waals surface area (Å²) >= 11 is 0. The Labute approximate surface area is 128 Å². The highest BCUT2D eigenvalue weighted by Gasteiger charge is 2.16. The van der Waals surface area contributed by atoms with Crippen molar-refractivity contribution in [3.05, 3.63) is 17.7 Å². The number of ether oxygens (including phenoxy) is 3. The zero-order chi connectivity index (χ0) is 17.3. The van der Waals surface area contributed by atoms with Crippen LogP contribution >= 0.6 is 0 Å². The number of carbonyl (C=O) groups is 2. The van der Waals surface area contributed by atoms with Crippen LogP contribution < -0.4 is 19.9 Å². The fraction of sp³-hybridized carbons (Fsp3) is 0.429. The van der Waals surface area contributed by atoms with E-state index in [1.807, 2.05) is 19.1 Å². The van der Waals surface area contributed by atoms with Crippen LogP contribution in [0.1, 0.15) is 12.5 Å². The molecular formula is C14H21NO7. The minimum Gasteiger partial charge on any atom is -0.496 e. The van der Waals surface area contributed by atoms with Gasteiger partial charge < -0.3 is 30.2 Å². The Hall–Kier alpha value is -2.48. The van der Waals surface area contributed by atoms with Gasteiger partial charge in [0.25, 0.3) is 0 Å². The van der Waals surface area contributed by atoms with E-state index in [-0.39, 0.29) is 6.04 Å². The lowest BCUT2D eigenvalue weighted by Crippen LogP contribution is -2.18. The van der Waals surface area contributed by atoms with Crippen molar-refractivity contribution < 1.29 is 34.0 Å². The summed E-state index contributed by atoms with van der Waals surface area (Å²) < 4.78 is 15.9. The zero-order valence-corrected chi connectivity index (χ0v) is 13.0. The summed E-state index contributed by atoms with van der Waals surface area (Å²) in [7, 11) is 4.86. The highest BCUT2D eigenvalue weighted by molar-refractivity contribution is 6.27. The molecule has 0 aromatic heterocycles. The van der Waals surface area contributed by atoms with E-state index in [1.165, 1.54) is 0 Å². The molecule has 0 aliphatic rings. The van der Waals surface area contributed by atoms with Crippen molar-refractivity contribution in [2.75, 3.05) is 21.3 Å². The first-order valence-electron chi connectivity index (χ1n) is 6.28. The second kappa shape index (κ2) is 9.46. The number of carboxylic acids is 2. The lowest BCUT2D eigenvalue weighted by atomic mass is 10.0. The van der Waals surface area contributed by atoms with Crippen molar-refractivity contribution in [1.82, 2.24) is 0 Å². The van der Waals surface area contributed by atoms with Crippen LogP contribution in [-0.2, 0) is 16.0 Å². The van der Waals surface area contributed by atoms with Gasteiger partial charge in [0.1, 0.15) is 5.75 Å². The average Bonchev–Trinajstić information content (AvgIpc) is 2.46. The van der Waals surface area contributed by atoms with Gasteiger partial charge in [-0.25, -0.2) is 9.59 Å². The third-order valence-corrected chi connectivity index (χ3v) is 2.53. The average molecular weight is 315 g/mol. The first kappa shape index (κ1) is 19.5. The molecule has 0 aliphatic carbocycles. The van der Waals surface area contributed by atoms with Crippen molar-refractivity contribution in [1.29, 1.82) is 0 Å². The van der Waals surface area contributed by atoms with Gasteiger partial charge in [-0.15, -0.1) is 0 Å².